The molecule has 2 atom stereocenters. The van der Waals surface area contributed by atoms with Crippen LogP contribution in [0.1, 0.15) is 23.6 Å². The van der Waals surface area contributed by atoms with Crippen molar-refractivity contribution in [3.8, 4) is 0 Å². The Morgan fingerprint density at radius 2 is 1.48 bits per heavy atom. The number of aliphatic hydroxyl groups excluding tert-OH is 1. The first-order valence-corrected chi connectivity index (χ1v) is 17.6. The maximum absolute atomic E-state index is 13.3. The number of hydrogen-bond acceptors (Lipinski definition) is 11. The molecule has 0 radical (unpaired) electrons. The van der Waals surface area contributed by atoms with E-state index >= 15 is 0 Å². The number of rotatable bonds is 12. The summed E-state index contributed by atoms with van der Waals surface area (Å²) >= 11 is 3.72. The van der Waals surface area contributed by atoms with Crippen LogP contribution in [0, 0.1) is 10.1 Å². The molecule has 2 fully saturated rings. The first-order valence-electron chi connectivity index (χ1n) is 15.5. The van der Waals surface area contributed by atoms with Crippen LogP contribution in [0.2, 0.25) is 0 Å². The van der Waals surface area contributed by atoms with Crippen LogP contribution in [0.3, 0.4) is 0 Å². The predicted molar refractivity (Wildman–Crippen MR) is 194 cm³/mol. The highest BCUT2D eigenvalue weighted by molar-refractivity contribution is 9.09. The van der Waals surface area contributed by atoms with Gasteiger partial charge in [-0.05, 0) is 29.8 Å². The van der Waals surface area contributed by atoms with E-state index in [1.54, 1.807) is 30.3 Å². The van der Waals surface area contributed by atoms with Gasteiger partial charge in [0, 0.05) is 35.9 Å². The Hall–Kier alpha value is -5.80. The molecule has 0 spiro atoms. The summed E-state index contributed by atoms with van der Waals surface area (Å²) in [5, 5.41) is 20.1. The zero-order valence-corrected chi connectivity index (χ0v) is 29.8. The Morgan fingerprint density at radius 3 is 1.92 bits per heavy atom. The highest BCUT2D eigenvalue weighted by Crippen LogP contribution is 2.46. The number of non-ortho nitro benzene ring substituents is 1. The molecule has 2 saturated heterocycles. The van der Waals surface area contributed by atoms with E-state index in [4.69, 9.17) is 9.47 Å². The number of thioether (sulfide) groups is 1. The highest BCUT2D eigenvalue weighted by Gasteiger charge is 2.61. The number of amides is 2. The van der Waals surface area contributed by atoms with Crippen molar-refractivity contribution in [1.82, 2.24) is 4.90 Å². The molecule has 1 N–H and O–H groups in total. The Balaban J connectivity index is 0.000000268. The number of para-hydroxylation sites is 1. The van der Waals surface area contributed by atoms with Crippen LogP contribution in [-0.2, 0) is 45.7 Å². The van der Waals surface area contributed by atoms with Crippen LogP contribution >= 0.6 is 27.7 Å². The molecule has 0 bridgehead atoms. The second-order valence-electron chi connectivity index (χ2n) is 11.2. The fourth-order valence-corrected chi connectivity index (χ4v) is 6.67. The van der Waals surface area contributed by atoms with Crippen LogP contribution in [0.5, 0.6) is 0 Å². The molecule has 13 nitrogen and oxygen atoms in total. The quantitative estimate of drug-likeness (QED) is 0.0211. The number of hydrogen-bond donors (Lipinski definition) is 1. The van der Waals surface area contributed by atoms with Gasteiger partial charge in [0.25, 0.3) is 17.2 Å². The number of esters is 1. The number of β-lactam (4-membered cyclic amide) rings is 1. The summed E-state index contributed by atoms with van der Waals surface area (Å²) in [5.41, 5.74) is 1.67. The number of benzene rings is 4. The van der Waals surface area contributed by atoms with Crippen LogP contribution in [0.25, 0.3) is 0 Å². The second kappa shape index (κ2) is 16.5. The topological polar surface area (TPSA) is 177 Å². The Morgan fingerprint density at radius 1 is 0.962 bits per heavy atom. The van der Waals surface area contributed by atoms with Gasteiger partial charge in [0.1, 0.15) is 23.8 Å². The Bertz CT molecular complexity index is 1960. The van der Waals surface area contributed by atoms with Gasteiger partial charge < -0.3 is 14.6 Å². The minimum atomic E-state index is -1.11. The van der Waals surface area contributed by atoms with E-state index in [1.165, 1.54) is 36.1 Å². The van der Waals surface area contributed by atoms with E-state index in [0.717, 1.165) is 16.0 Å². The van der Waals surface area contributed by atoms with Gasteiger partial charge in [-0.3, -0.25) is 34.3 Å². The molecule has 2 amide bonds. The van der Waals surface area contributed by atoms with E-state index in [2.05, 4.69) is 15.9 Å². The third kappa shape index (κ3) is 7.75. The van der Waals surface area contributed by atoms with Crippen molar-refractivity contribution in [1.29, 1.82) is 0 Å². The van der Waals surface area contributed by atoms with Gasteiger partial charge in [0.05, 0.1) is 10.3 Å². The van der Waals surface area contributed by atoms with Crippen LogP contribution in [0.15, 0.2) is 127 Å². The number of cyclic esters (lactones) is 1. The average molecular weight is 789 g/mol. The zero-order valence-electron chi connectivity index (χ0n) is 27.4. The van der Waals surface area contributed by atoms with Gasteiger partial charge in [0.15, 0.2) is 11.3 Å². The zero-order chi connectivity index (χ0) is 37.4. The van der Waals surface area contributed by atoms with Crippen molar-refractivity contribution in [2.24, 2.45) is 0 Å². The number of nitro groups is 1. The fourth-order valence-electron chi connectivity index (χ4n) is 5.57. The molecule has 2 unspecified atom stereocenters. The van der Waals surface area contributed by atoms with Gasteiger partial charge in [-0.15, -0.1) is 0 Å². The molecule has 0 saturated carbocycles. The monoisotopic (exact) mass is 787 g/mol. The number of carbonyl (C=O) groups is 5. The standard InChI is InChI=1S/C23H20BrN3O8S.C14H10O2/c1-14(29)25(16-5-3-2-4-6-16)20-21(31)26(22(20)36-13-28)19(18(30)11-24)23(32)35-12-15-7-9-17(10-8-15)27(33)34;15-13-14(16-13,11-7-3-1-4-8-11)12-9-5-2-6-10-12/h2-10,13,20,22,30H,11-12H2,1H3;1-10H. The van der Waals surface area contributed by atoms with E-state index < -0.39 is 51.2 Å². The first kappa shape index (κ1) is 37.5. The summed E-state index contributed by atoms with van der Waals surface area (Å²) in [4.78, 5) is 74.1. The van der Waals surface area contributed by atoms with Crippen molar-refractivity contribution < 1.29 is 43.5 Å². The highest BCUT2D eigenvalue weighted by atomic mass is 79.9. The number of carbonyl (C=O) groups excluding carboxylic acids is 5. The maximum atomic E-state index is 13.3. The number of alkyl halides is 1. The number of halogens is 1. The van der Waals surface area contributed by atoms with Gasteiger partial charge >= 0.3 is 11.9 Å². The molecular formula is C37H30BrN3O10S. The number of ether oxygens (including phenoxy) is 2. The molecule has 266 valence electrons. The minimum absolute atomic E-state index is 0.137. The summed E-state index contributed by atoms with van der Waals surface area (Å²) in [6.07, 6.45) is 0. The summed E-state index contributed by atoms with van der Waals surface area (Å²) in [5.74, 6) is -2.89. The maximum Gasteiger partial charge on any atom is 0.362 e. The molecule has 6 rings (SSSR count). The smallest absolute Gasteiger partial charge is 0.362 e. The molecule has 2 aliphatic rings. The number of allylic oxidation sites excluding steroid dienone is 1. The lowest BCUT2D eigenvalue weighted by molar-refractivity contribution is -0.384. The summed E-state index contributed by atoms with van der Waals surface area (Å²) in [7, 11) is 0. The summed E-state index contributed by atoms with van der Waals surface area (Å²) in [6, 6.07) is 31.7. The third-order valence-electron chi connectivity index (χ3n) is 8.07. The van der Waals surface area contributed by atoms with Gasteiger partial charge in [-0.25, -0.2) is 9.59 Å². The van der Waals surface area contributed by atoms with Crippen molar-refractivity contribution in [3.05, 3.63) is 154 Å². The fraction of sp³-hybridized carbons (Fsp3) is 0.162. The molecule has 4 aromatic rings. The van der Waals surface area contributed by atoms with Gasteiger partial charge in [-0.2, -0.15) is 0 Å². The number of nitro benzene ring substituents is 1. The van der Waals surface area contributed by atoms with Crippen molar-refractivity contribution in [3.63, 3.8) is 0 Å². The lowest BCUT2D eigenvalue weighted by Gasteiger charge is -2.49. The van der Waals surface area contributed by atoms with E-state index in [9.17, 15) is 39.2 Å². The first-order chi connectivity index (χ1) is 25.0. The Labute approximate surface area is 310 Å². The van der Waals surface area contributed by atoms with E-state index in [-0.39, 0.29) is 23.6 Å². The second-order valence-corrected chi connectivity index (χ2v) is 12.7. The molecule has 0 aromatic heterocycles. The van der Waals surface area contributed by atoms with E-state index in [1.807, 2.05) is 60.7 Å². The number of nitrogens with zero attached hydrogens (tertiary/aromatic N) is 3. The number of epoxide rings is 1. The molecule has 15 heteroatoms. The normalized spacial score (nSPS) is 17.2. The molecular weight excluding hydrogens is 758 g/mol. The molecule has 4 aromatic carbocycles. The van der Waals surface area contributed by atoms with Crippen LogP contribution < -0.4 is 4.90 Å². The SMILES string of the molecule is CC(=O)N(c1ccccc1)C1C(=O)N(C(C(=O)OCc2ccc([N+](=O)[O-])cc2)=C(O)CBr)C1SC=O.O=C1OC1(c1ccccc1)c1ccccc1. The predicted octanol–water partition coefficient (Wildman–Crippen LogP) is 5.80. The van der Waals surface area contributed by atoms with Crippen molar-refractivity contribution in [2.75, 3.05) is 10.2 Å². The summed E-state index contributed by atoms with van der Waals surface area (Å²) < 4.78 is 10.5. The van der Waals surface area contributed by atoms with Gasteiger partial charge in [-0.1, -0.05) is 107 Å². The number of likely N-dealkylation sites (tertiary alicyclic amines) is 1. The minimum Gasteiger partial charge on any atom is -0.509 e. The van der Waals surface area contributed by atoms with E-state index in [0.29, 0.717) is 28.6 Å². The number of aliphatic hydroxyl groups is 1. The number of anilines is 1. The average Bonchev–Trinajstić information content (AvgIpc) is 3.87. The largest absolute Gasteiger partial charge is 0.509 e. The van der Waals surface area contributed by atoms with Crippen LogP contribution in [-0.4, -0.2) is 61.0 Å². The lowest BCUT2D eigenvalue weighted by Crippen LogP contribution is -2.70. The molecule has 2 aliphatic heterocycles. The molecule has 2 heterocycles. The lowest BCUT2D eigenvalue weighted by atomic mass is 9.91. The van der Waals surface area contributed by atoms with Crippen molar-refractivity contribution in [2.45, 2.75) is 30.5 Å². The summed E-state index contributed by atoms with van der Waals surface area (Å²) in [6.45, 7) is 0.979. The van der Waals surface area contributed by atoms with Crippen molar-refractivity contribution >= 4 is 68.4 Å². The molecule has 52 heavy (non-hydrogen) atoms. The van der Waals surface area contributed by atoms with Gasteiger partial charge in [0.2, 0.25) is 5.91 Å². The third-order valence-corrected chi connectivity index (χ3v) is 9.45. The Kier molecular flexibility index (Phi) is 11.9. The van der Waals surface area contributed by atoms with Crippen LogP contribution in [0.4, 0.5) is 11.4 Å². The molecule has 0 aliphatic carbocycles.